The molecule has 1 unspecified atom stereocenters. The van der Waals surface area contributed by atoms with Gasteiger partial charge in [-0.3, -0.25) is 9.59 Å². The molecule has 0 spiro atoms. The molecule has 2 amide bonds. The topological polar surface area (TPSA) is 84.5 Å². The number of amides is 2. The van der Waals surface area contributed by atoms with Crippen LogP contribution in [0.3, 0.4) is 0 Å². The highest BCUT2D eigenvalue weighted by molar-refractivity contribution is 6.31. The van der Waals surface area contributed by atoms with Gasteiger partial charge in [0.05, 0.1) is 11.1 Å². The van der Waals surface area contributed by atoms with Gasteiger partial charge < -0.3 is 20.1 Å². The summed E-state index contributed by atoms with van der Waals surface area (Å²) in [4.78, 5) is 33.6. The van der Waals surface area contributed by atoms with E-state index >= 15 is 0 Å². The van der Waals surface area contributed by atoms with Crippen LogP contribution in [0.15, 0.2) is 42.7 Å². The van der Waals surface area contributed by atoms with Crippen molar-refractivity contribution >= 4 is 40.1 Å². The van der Waals surface area contributed by atoms with E-state index < -0.39 is 11.9 Å². The molecule has 156 valence electrons. The van der Waals surface area contributed by atoms with Crippen LogP contribution in [0.1, 0.15) is 28.9 Å². The summed E-state index contributed by atoms with van der Waals surface area (Å²) in [5.41, 5.74) is 7.91. The molecule has 8 heteroatoms. The number of rotatable bonds is 4. The second-order valence-electron chi connectivity index (χ2n) is 7.61. The Morgan fingerprint density at radius 1 is 1.17 bits per heavy atom. The first kappa shape index (κ1) is 20.2. The van der Waals surface area contributed by atoms with Gasteiger partial charge in [0.25, 0.3) is 5.91 Å². The summed E-state index contributed by atoms with van der Waals surface area (Å²) in [6.07, 6.45) is 3.51. The Morgan fingerprint density at radius 3 is 2.57 bits per heavy atom. The lowest BCUT2D eigenvalue weighted by Crippen LogP contribution is -2.49. The number of carbonyl (C=O) groups is 2. The number of halogens is 1. The predicted octanol–water partition coefficient (Wildman–Crippen LogP) is 3.01. The highest BCUT2D eigenvalue weighted by atomic mass is 35.5. The van der Waals surface area contributed by atoms with Crippen LogP contribution in [0.2, 0.25) is 5.02 Å². The summed E-state index contributed by atoms with van der Waals surface area (Å²) in [6, 6.07) is 8.71. The highest BCUT2D eigenvalue weighted by Gasteiger charge is 2.27. The number of aryl methyl sites for hydroxylation is 1. The molecular formula is C22H24ClN5O2. The van der Waals surface area contributed by atoms with Crippen molar-refractivity contribution in [2.45, 2.75) is 19.9 Å². The van der Waals surface area contributed by atoms with E-state index in [9.17, 15) is 9.59 Å². The fourth-order valence-corrected chi connectivity index (χ4v) is 4.12. The first-order valence-electron chi connectivity index (χ1n) is 9.92. The molecule has 2 aromatic heterocycles. The van der Waals surface area contributed by atoms with Gasteiger partial charge in [0, 0.05) is 49.0 Å². The number of primary amides is 1. The van der Waals surface area contributed by atoms with Crippen molar-refractivity contribution in [1.29, 1.82) is 0 Å². The van der Waals surface area contributed by atoms with Crippen molar-refractivity contribution in [3.8, 4) is 0 Å². The molecule has 1 aromatic carbocycles. The van der Waals surface area contributed by atoms with Crippen LogP contribution in [0, 0.1) is 6.92 Å². The summed E-state index contributed by atoms with van der Waals surface area (Å²) >= 11 is 6.16. The zero-order chi connectivity index (χ0) is 21.4. The molecule has 1 aliphatic heterocycles. The Morgan fingerprint density at radius 2 is 1.90 bits per heavy atom. The summed E-state index contributed by atoms with van der Waals surface area (Å²) in [7, 11) is 0. The van der Waals surface area contributed by atoms with Crippen molar-refractivity contribution in [2.24, 2.45) is 5.73 Å². The number of hydrogen-bond donors (Lipinski definition) is 1. The van der Waals surface area contributed by atoms with Gasteiger partial charge in [-0.1, -0.05) is 23.7 Å². The van der Waals surface area contributed by atoms with E-state index in [1.54, 1.807) is 36.0 Å². The molecule has 4 rings (SSSR count). The molecule has 3 aromatic rings. The first-order chi connectivity index (χ1) is 14.4. The van der Waals surface area contributed by atoms with E-state index in [-0.39, 0.29) is 5.91 Å². The van der Waals surface area contributed by atoms with E-state index in [1.807, 2.05) is 30.0 Å². The van der Waals surface area contributed by atoms with Gasteiger partial charge in [-0.25, -0.2) is 4.98 Å². The van der Waals surface area contributed by atoms with E-state index in [0.717, 1.165) is 22.3 Å². The minimum absolute atomic E-state index is 0.0601. The number of nitrogens with zero attached hydrogens (tertiary/aromatic N) is 4. The number of hydrogen-bond acceptors (Lipinski definition) is 4. The van der Waals surface area contributed by atoms with Crippen molar-refractivity contribution < 1.29 is 9.59 Å². The van der Waals surface area contributed by atoms with Crippen LogP contribution < -0.4 is 10.6 Å². The lowest BCUT2D eigenvalue weighted by Gasteiger charge is -2.36. The Labute approximate surface area is 180 Å². The Balaban J connectivity index is 1.60. The van der Waals surface area contributed by atoms with Gasteiger partial charge in [0.15, 0.2) is 0 Å². The predicted molar refractivity (Wildman–Crippen MR) is 118 cm³/mol. The molecule has 1 saturated heterocycles. The van der Waals surface area contributed by atoms with Crippen LogP contribution in [-0.4, -0.2) is 52.4 Å². The van der Waals surface area contributed by atoms with Gasteiger partial charge in [-0.15, -0.1) is 0 Å². The molecule has 0 radical (unpaired) electrons. The lowest BCUT2D eigenvalue weighted by molar-refractivity contribution is -0.120. The summed E-state index contributed by atoms with van der Waals surface area (Å²) in [6.45, 7) is 6.38. The fourth-order valence-electron chi connectivity index (χ4n) is 3.95. The third-order valence-electron chi connectivity index (χ3n) is 5.70. The van der Waals surface area contributed by atoms with E-state index in [2.05, 4.69) is 9.88 Å². The number of fused-ring (bicyclic) bond motifs is 1. The van der Waals surface area contributed by atoms with Gasteiger partial charge in [0.2, 0.25) is 5.91 Å². The molecule has 1 fully saturated rings. The monoisotopic (exact) mass is 425 g/mol. The number of carbonyl (C=O) groups excluding carboxylic acids is 2. The number of piperazine rings is 1. The number of anilines is 1. The Bertz CT molecular complexity index is 1120. The maximum Gasteiger partial charge on any atom is 0.256 e. The Hall–Kier alpha value is -3.06. The van der Waals surface area contributed by atoms with Crippen molar-refractivity contribution in [3.63, 3.8) is 0 Å². The van der Waals surface area contributed by atoms with Crippen LogP contribution in [0.25, 0.3) is 10.9 Å². The molecule has 3 heterocycles. The summed E-state index contributed by atoms with van der Waals surface area (Å²) in [5.74, 6) is 0.437. The highest BCUT2D eigenvalue weighted by Crippen LogP contribution is 2.29. The molecule has 30 heavy (non-hydrogen) atoms. The lowest BCUT2D eigenvalue weighted by atomic mass is 10.1. The second-order valence-corrected chi connectivity index (χ2v) is 8.05. The number of benzene rings is 1. The van der Waals surface area contributed by atoms with E-state index in [0.29, 0.717) is 36.8 Å². The van der Waals surface area contributed by atoms with Gasteiger partial charge >= 0.3 is 0 Å². The maximum atomic E-state index is 13.3. The zero-order valence-electron chi connectivity index (χ0n) is 17.0. The average Bonchev–Trinajstić information content (AvgIpc) is 3.11. The van der Waals surface area contributed by atoms with Crippen molar-refractivity contribution in [1.82, 2.24) is 14.5 Å². The molecule has 1 aliphatic rings. The normalized spacial score (nSPS) is 15.4. The van der Waals surface area contributed by atoms with E-state index in [4.69, 9.17) is 17.3 Å². The summed E-state index contributed by atoms with van der Waals surface area (Å²) in [5, 5.41) is 1.30. The summed E-state index contributed by atoms with van der Waals surface area (Å²) < 4.78 is 1.73. The van der Waals surface area contributed by atoms with Crippen LogP contribution >= 0.6 is 11.6 Å². The number of aromatic nitrogens is 2. The molecule has 2 N–H and O–H groups in total. The molecule has 0 saturated carbocycles. The van der Waals surface area contributed by atoms with Gasteiger partial charge in [-0.2, -0.15) is 0 Å². The quantitative estimate of drug-likeness (QED) is 0.696. The van der Waals surface area contributed by atoms with Crippen LogP contribution in [0.5, 0.6) is 0 Å². The van der Waals surface area contributed by atoms with Crippen molar-refractivity contribution in [2.75, 3.05) is 31.1 Å². The van der Waals surface area contributed by atoms with Crippen LogP contribution in [-0.2, 0) is 4.79 Å². The smallest absolute Gasteiger partial charge is 0.256 e. The largest absolute Gasteiger partial charge is 0.368 e. The standard InChI is InChI=1S/C22H24ClN5O2/c1-14-4-3-7-25-21(14)26-8-10-27(11-9-26)22(30)18-13-28(15(2)20(24)29)19-12-16(23)5-6-17(18)19/h3-7,12-13,15H,8-11H2,1-2H3,(H2,24,29). The minimum Gasteiger partial charge on any atom is -0.368 e. The third kappa shape index (κ3) is 3.61. The number of nitrogens with two attached hydrogens (primary N) is 1. The first-order valence-corrected chi connectivity index (χ1v) is 10.3. The second kappa shape index (κ2) is 7.99. The molecule has 0 aliphatic carbocycles. The molecule has 1 atom stereocenters. The fraction of sp³-hybridized carbons (Fsp3) is 0.318. The average molecular weight is 426 g/mol. The SMILES string of the molecule is Cc1cccnc1N1CCN(C(=O)c2cn(C(C)C(N)=O)c3cc(Cl)ccc23)CC1. The zero-order valence-corrected chi connectivity index (χ0v) is 17.8. The third-order valence-corrected chi connectivity index (χ3v) is 5.94. The molecule has 0 bridgehead atoms. The van der Waals surface area contributed by atoms with Crippen molar-refractivity contribution in [3.05, 3.63) is 58.9 Å². The maximum absolute atomic E-state index is 13.3. The number of pyridine rings is 1. The van der Waals surface area contributed by atoms with E-state index in [1.165, 1.54) is 0 Å². The minimum atomic E-state index is -0.587. The van der Waals surface area contributed by atoms with Crippen LogP contribution in [0.4, 0.5) is 5.82 Å². The molecule has 7 nitrogen and oxygen atoms in total. The Kier molecular flexibility index (Phi) is 5.39. The van der Waals surface area contributed by atoms with Gasteiger partial charge in [0.1, 0.15) is 11.9 Å². The van der Waals surface area contributed by atoms with Gasteiger partial charge in [-0.05, 0) is 37.6 Å². The molecular weight excluding hydrogens is 402 g/mol.